The van der Waals surface area contributed by atoms with Gasteiger partial charge in [-0.3, -0.25) is 0 Å². The van der Waals surface area contributed by atoms with E-state index in [1.807, 2.05) is 11.8 Å². The van der Waals surface area contributed by atoms with Crippen molar-refractivity contribution in [3.05, 3.63) is 24.3 Å². The second-order valence-corrected chi connectivity index (χ2v) is 6.30. The molecule has 1 aromatic rings. The van der Waals surface area contributed by atoms with Gasteiger partial charge in [-0.25, -0.2) is 0 Å². The minimum absolute atomic E-state index is 0.834. The zero-order valence-corrected chi connectivity index (χ0v) is 11.9. The van der Waals surface area contributed by atoms with Crippen molar-refractivity contribution in [1.29, 1.82) is 0 Å². The van der Waals surface area contributed by atoms with Crippen LogP contribution >= 0.6 is 11.8 Å². The molecule has 3 rings (SSSR count). The molecule has 1 aromatic carbocycles. The van der Waals surface area contributed by atoms with Crippen LogP contribution in [0.2, 0.25) is 0 Å². The molecule has 0 aromatic heterocycles. The number of nitrogens with zero attached hydrogens (tertiary/aromatic N) is 1. The predicted octanol–water partition coefficient (Wildman–Crippen LogP) is 2.99. The minimum atomic E-state index is 0.834. The molecule has 1 aliphatic carbocycles. The van der Waals surface area contributed by atoms with Gasteiger partial charge in [-0.05, 0) is 50.1 Å². The number of thioether (sulfide) groups is 1. The highest BCUT2D eigenvalue weighted by Crippen LogP contribution is 2.32. The van der Waals surface area contributed by atoms with Crippen molar-refractivity contribution >= 4 is 17.4 Å². The number of anilines is 1. The first-order valence-corrected chi connectivity index (χ1v) is 8.20. The zero-order valence-electron chi connectivity index (χ0n) is 11.1. The van der Waals surface area contributed by atoms with Crippen LogP contribution in [0.4, 0.5) is 5.69 Å². The van der Waals surface area contributed by atoms with E-state index in [9.17, 15) is 0 Å². The van der Waals surface area contributed by atoms with Crippen LogP contribution in [0.25, 0.3) is 0 Å². The molecule has 1 atom stereocenters. The Bertz CT molecular complexity index is 403. The van der Waals surface area contributed by atoms with Gasteiger partial charge in [0.05, 0.1) is 5.69 Å². The molecule has 1 saturated carbocycles. The molecule has 1 aliphatic heterocycles. The largest absolute Gasteiger partial charge is 0.370 e. The average Bonchev–Trinajstić information content (AvgIpc) is 3.13. The number of hydrogen-bond acceptors (Lipinski definition) is 3. The van der Waals surface area contributed by atoms with Crippen LogP contribution in [-0.4, -0.2) is 31.9 Å². The lowest BCUT2D eigenvalue weighted by atomic mass is 10.1. The molecule has 0 amide bonds. The first kappa shape index (κ1) is 12.4. The van der Waals surface area contributed by atoms with Gasteiger partial charge in [0.1, 0.15) is 0 Å². The maximum absolute atomic E-state index is 3.67. The van der Waals surface area contributed by atoms with Crippen LogP contribution in [0.5, 0.6) is 0 Å². The quantitative estimate of drug-likeness (QED) is 0.821. The molecule has 2 nitrogen and oxygen atoms in total. The van der Waals surface area contributed by atoms with E-state index in [4.69, 9.17) is 0 Å². The monoisotopic (exact) mass is 262 g/mol. The third-order valence-corrected chi connectivity index (χ3v) is 4.77. The number of rotatable bonds is 5. The molecule has 3 heteroatoms. The highest BCUT2D eigenvalue weighted by Gasteiger charge is 2.26. The molecule has 2 fully saturated rings. The van der Waals surface area contributed by atoms with Crippen LogP contribution in [-0.2, 0) is 0 Å². The summed E-state index contributed by atoms with van der Waals surface area (Å²) >= 11 is 1.85. The number of para-hydroxylation sites is 1. The molecule has 0 bridgehead atoms. The van der Waals surface area contributed by atoms with Gasteiger partial charge in [0.2, 0.25) is 0 Å². The Hall–Kier alpha value is -0.670. The number of nitrogens with one attached hydrogen (secondary N) is 1. The SMILES string of the molecule is CSc1ccccc1N1CCC(CNC2CC2)C1. The van der Waals surface area contributed by atoms with Gasteiger partial charge in [0.15, 0.2) is 0 Å². The van der Waals surface area contributed by atoms with Crippen molar-refractivity contribution in [1.82, 2.24) is 5.32 Å². The van der Waals surface area contributed by atoms with E-state index in [2.05, 4.69) is 40.7 Å². The van der Waals surface area contributed by atoms with Gasteiger partial charge in [-0.2, -0.15) is 0 Å². The molecule has 1 saturated heterocycles. The summed E-state index contributed by atoms with van der Waals surface area (Å²) in [7, 11) is 0. The first-order chi connectivity index (χ1) is 8.86. The van der Waals surface area contributed by atoms with Gasteiger partial charge < -0.3 is 10.2 Å². The molecule has 2 aliphatic rings. The summed E-state index contributed by atoms with van der Waals surface area (Å²) in [5, 5.41) is 3.67. The van der Waals surface area contributed by atoms with E-state index in [1.54, 1.807) is 0 Å². The molecule has 1 unspecified atom stereocenters. The second kappa shape index (κ2) is 5.54. The van der Waals surface area contributed by atoms with Crippen LogP contribution in [0.1, 0.15) is 19.3 Å². The van der Waals surface area contributed by atoms with E-state index < -0.39 is 0 Å². The normalized spacial score (nSPS) is 23.6. The molecular formula is C15H22N2S. The summed E-state index contributed by atoms with van der Waals surface area (Å²) in [6.45, 7) is 3.65. The van der Waals surface area contributed by atoms with Crippen molar-refractivity contribution in [3.63, 3.8) is 0 Å². The average molecular weight is 262 g/mol. The lowest BCUT2D eigenvalue weighted by molar-refractivity contribution is 0.515. The van der Waals surface area contributed by atoms with Gasteiger partial charge in [-0.15, -0.1) is 11.8 Å². The fourth-order valence-corrected chi connectivity index (χ4v) is 3.35. The Morgan fingerprint density at radius 1 is 1.28 bits per heavy atom. The van der Waals surface area contributed by atoms with Gasteiger partial charge in [-0.1, -0.05) is 12.1 Å². The summed E-state index contributed by atoms with van der Waals surface area (Å²) < 4.78 is 0. The molecule has 0 spiro atoms. The highest BCUT2D eigenvalue weighted by molar-refractivity contribution is 7.98. The van der Waals surface area contributed by atoms with Crippen molar-refractivity contribution in [2.75, 3.05) is 30.8 Å². The Morgan fingerprint density at radius 3 is 2.89 bits per heavy atom. The Labute approximate surface area is 114 Å². The predicted molar refractivity (Wildman–Crippen MR) is 79.6 cm³/mol. The van der Waals surface area contributed by atoms with E-state index in [0.717, 1.165) is 12.0 Å². The van der Waals surface area contributed by atoms with Crippen LogP contribution in [0, 0.1) is 5.92 Å². The van der Waals surface area contributed by atoms with Crippen LogP contribution in [0.15, 0.2) is 29.2 Å². The highest BCUT2D eigenvalue weighted by atomic mass is 32.2. The van der Waals surface area contributed by atoms with Crippen molar-refractivity contribution in [2.45, 2.75) is 30.2 Å². The molecular weight excluding hydrogens is 240 g/mol. The fraction of sp³-hybridized carbons (Fsp3) is 0.600. The van der Waals surface area contributed by atoms with E-state index in [-0.39, 0.29) is 0 Å². The van der Waals surface area contributed by atoms with Crippen molar-refractivity contribution in [2.24, 2.45) is 5.92 Å². The molecule has 1 heterocycles. The number of hydrogen-bond donors (Lipinski definition) is 1. The summed E-state index contributed by atoms with van der Waals surface area (Å²) in [6, 6.07) is 9.64. The maximum Gasteiger partial charge on any atom is 0.0504 e. The van der Waals surface area contributed by atoms with E-state index >= 15 is 0 Å². The molecule has 0 radical (unpaired) electrons. The third kappa shape index (κ3) is 2.83. The summed E-state index contributed by atoms with van der Waals surface area (Å²) in [5.74, 6) is 0.834. The lowest BCUT2D eigenvalue weighted by Crippen LogP contribution is -2.27. The van der Waals surface area contributed by atoms with Crippen LogP contribution in [0.3, 0.4) is 0 Å². The second-order valence-electron chi connectivity index (χ2n) is 5.46. The fourth-order valence-electron chi connectivity index (χ4n) is 2.73. The topological polar surface area (TPSA) is 15.3 Å². The molecule has 18 heavy (non-hydrogen) atoms. The van der Waals surface area contributed by atoms with Crippen molar-refractivity contribution < 1.29 is 0 Å². The smallest absolute Gasteiger partial charge is 0.0504 e. The van der Waals surface area contributed by atoms with Crippen LogP contribution < -0.4 is 10.2 Å². The summed E-state index contributed by atoms with van der Waals surface area (Å²) in [6.07, 6.45) is 6.29. The molecule has 98 valence electrons. The van der Waals surface area contributed by atoms with Gasteiger partial charge >= 0.3 is 0 Å². The van der Waals surface area contributed by atoms with Gasteiger partial charge in [0, 0.05) is 24.0 Å². The summed E-state index contributed by atoms with van der Waals surface area (Å²) in [4.78, 5) is 3.97. The van der Waals surface area contributed by atoms with Crippen molar-refractivity contribution in [3.8, 4) is 0 Å². The Kier molecular flexibility index (Phi) is 3.80. The zero-order chi connectivity index (χ0) is 12.4. The Balaban J connectivity index is 1.59. The summed E-state index contributed by atoms with van der Waals surface area (Å²) in [5.41, 5.74) is 1.43. The lowest BCUT2D eigenvalue weighted by Gasteiger charge is -2.21. The Morgan fingerprint density at radius 2 is 2.11 bits per heavy atom. The first-order valence-electron chi connectivity index (χ1n) is 6.98. The van der Waals surface area contributed by atoms with E-state index in [1.165, 1.54) is 49.5 Å². The van der Waals surface area contributed by atoms with Gasteiger partial charge in [0.25, 0.3) is 0 Å². The minimum Gasteiger partial charge on any atom is -0.370 e. The number of benzene rings is 1. The third-order valence-electron chi connectivity index (χ3n) is 3.98. The standard InChI is InChI=1S/C15H22N2S/c1-18-15-5-3-2-4-14(15)17-9-8-12(11-17)10-16-13-6-7-13/h2-5,12-13,16H,6-11H2,1H3. The molecule has 1 N–H and O–H groups in total. The maximum atomic E-state index is 3.67. The van der Waals surface area contributed by atoms with E-state index in [0.29, 0.717) is 0 Å².